The lowest BCUT2D eigenvalue weighted by Gasteiger charge is -2.20. The molecular weight excluding hydrogens is 265 g/mol. The van der Waals surface area contributed by atoms with Crippen LogP contribution in [0.25, 0.3) is 0 Å². The van der Waals surface area contributed by atoms with Crippen LogP contribution in [0.5, 0.6) is 5.75 Å². The fourth-order valence-electron chi connectivity index (χ4n) is 2.17. The molecule has 0 fully saturated rings. The molecule has 0 aromatic heterocycles. The summed E-state index contributed by atoms with van der Waals surface area (Å²) in [5, 5.41) is 3.44. The fourth-order valence-corrected chi connectivity index (χ4v) is 2.17. The number of hydrogen-bond donors (Lipinski definition) is 1. The Morgan fingerprint density at radius 3 is 2.62 bits per heavy atom. The first kappa shape index (κ1) is 15.5. The molecule has 0 aliphatic rings. The zero-order valence-electron chi connectivity index (χ0n) is 12.6. The highest BCUT2D eigenvalue weighted by Crippen LogP contribution is 2.21. The van der Waals surface area contributed by atoms with Gasteiger partial charge in [0.1, 0.15) is 6.61 Å². The largest absolute Gasteiger partial charge is 0.489 e. The van der Waals surface area contributed by atoms with Crippen LogP contribution in [0, 0.1) is 12.7 Å². The van der Waals surface area contributed by atoms with Crippen molar-refractivity contribution in [2.75, 3.05) is 13.2 Å². The number of benzene rings is 2. The normalized spacial score (nSPS) is 12.1. The van der Waals surface area contributed by atoms with Gasteiger partial charge in [-0.3, -0.25) is 0 Å². The first-order valence-corrected chi connectivity index (χ1v) is 7.38. The van der Waals surface area contributed by atoms with Crippen molar-refractivity contribution in [1.29, 1.82) is 0 Å². The molecule has 0 heterocycles. The molecule has 2 aromatic rings. The zero-order chi connectivity index (χ0) is 15.1. The third-order valence-electron chi connectivity index (χ3n) is 3.33. The molecule has 112 valence electrons. The fraction of sp³-hybridized carbons (Fsp3) is 0.333. The average Bonchev–Trinajstić information content (AvgIpc) is 2.51. The van der Waals surface area contributed by atoms with Gasteiger partial charge in [0.25, 0.3) is 0 Å². The predicted octanol–water partition coefficient (Wildman–Crippen LogP) is 4.25. The van der Waals surface area contributed by atoms with Crippen LogP contribution in [0.1, 0.15) is 30.5 Å². The van der Waals surface area contributed by atoms with Crippen LogP contribution in [-0.2, 0) is 0 Å². The summed E-state index contributed by atoms with van der Waals surface area (Å²) in [4.78, 5) is 0. The van der Waals surface area contributed by atoms with Crippen molar-refractivity contribution in [2.45, 2.75) is 26.3 Å². The molecule has 3 heteroatoms. The topological polar surface area (TPSA) is 21.3 Å². The van der Waals surface area contributed by atoms with E-state index in [0.717, 1.165) is 24.1 Å². The van der Waals surface area contributed by atoms with Gasteiger partial charge in [-0.05, 0) is 43.1 Å². The van der Waals surface area contributed by atoms with Crippen LogP contribution in [0.4, 0.5) is 4.39 Å². The first-order valence-electron chi connectivity index (χ1n) is 7.38. The summed E-state index contributed by atoms with van der Waals surface area (Å²) in [6.45, 7) is 5.36. The standard InChI is InChI=1S/C18H22FNO/c1-3-11-20-17(15-7-5-4-6-8-15)13-21-18-12-14(2)9-10-16(18)19/h4-10,12,17,20H,3,11,13H2,1-2H3. The van der Waals surface area contributed by atoms with Crippen LogP contribution < -0.4 is 10.1 Å². The van der Waals surface area contributed by atoms with Crippen molar-refractivity contribution >= 4 is 0 Å². The first-order chi connectivity index (χ1) is 10.2. The molecule has 0 aliphatic heterocycles. The smallest absolute Gasteiger partial charge is 0.165 e. The molecule has 0 bridgehead atoms. The van der Waals surface area contributed by atoms with Crippen molar-refractivity contribution in [3.63, 3.8) is 0 Å². The molecule has 0 saturated heterocycles. The van der Waals surface area contributed by atoms with Crippen LogP contribution in [0.2, 0.25) is 0 Å². The van der Waals surface area contributed by atoms with Gasteiger partial charge in [0, 0.05) is 0 Å². The second-order valence-corrected chi connectivity index (χ2v) is 5.16. The lowest BCUT2D eigenvalue weighted by Crippen LogP contribution is -2.27. The molecular formula is C18H22FNO. The summed E-state index contributed by atoms with van der Waals surface area (Å²) < 4.78 is 19.4. The summed E-state index contributed by atoms with van der Waals surface area (Å²) in [5.41, 5.74) is 2.14. The van der Waals surface area contributed by atoms with E-state index in [-0.39, 0.29) is 11.9 Å². The number of aryl methyl sites for hydroxylation is 1. The Labute approximate surface area is 126 Å². The van der Waals surface area contributed by atoms with Crippen LogP contribution in [-0.4, -0.2) is 13.2 Å². The van der Waals surface area contributed by atoms with E-state index in [4.69, 9.17) is 4.74 Å². The van der Waals surface area contributed by atoms with Crippen molar-refractivity contribution < 1.29 is 9.13 Å². The van der Waals surface area contributed by atoms with E-state index >= 15 is 0 Å². The van der Waals surface area contributed by atoms with Crippen LogP contribution >= 0.6 is 0 Å². The third kappa shape index (κ3) is 4.57. The second-order valence-electron chi connectivity index (χ2n) is 5.16. The SMILES string of the molecule is CCCNC(COc1cc(C)ccc1F)c1ccccc1. The highest BCUT2D eigenvalue weighted by Gasteiger charge is 2.12. The molecule has 0 aliphatic carbocycles. The predicted molar refractivity (Wildman–Crippen MR) is 84.1 cm³/mol. The highest BCUT2D eigenvalue weighted by molar-refractivity contribution is 5.29. The summed E-state index contributed by atoms with van der Waals surface area (Å²) in [6, 6.07) is 15.1. The van der Waals surface area contributed by atoms with Crippen molar-refractivity contribution in [2.24, 2.45) is 0 Å². The summed E-state index contributed by atoms with van der Waals surface area (Å²) >= 11 is 0. The minimum atomic E-state index is -0.317. The molecule has 0 radical (unpaired) electrons. The maximum absolute atomic E-state index is 13.7. The molecule has 1 atom stereocenters. The number of nitrogens with one attached hydrogen (secondary N) is 1. The van der Waals surface area contributed by atoms with Crippen LogP contribution in [0.15, 0.2) is 48.5 Å². The molecule has 0 spiro atoms. The lowest BCUT2D eigenvalue weighted by atomic mass is 10.1. The number of halogens is 1. The van der Waals surface area contributed by atoms with Gasteiger partial charge in [-0.15, -0.1) is 0 Å². The van der Waals surface area contributed by atoms with E-state index in [2.05, 4.69) is 24.4 Å². The van der Waals surface area contributed by atoms with E-state index < -0.39 is 0 Å². The Bertz CT molecular complexity index is 556. The van der Waals surface area contributed by atoms with Gasteiger partial charge < -0.3 is 10.1 Å². The molecule has 2 nitrogen and oxygen atoms in total. The van der Waals surface area contributed by atoms with Gasteiger partial charge >= 0.3 is 0 Å². The highest BCUT2D eigenvalue weighted by atomic mass is 19.1. The van der Waals surface area contributed by atoms with Gasteiger partial charge in [-0.25, -0.2) is 4.39 Å². The average molecular weight is 287 g/mol. The Balaban J connectivity index is 2.07. The Morgan fingerprint density at radius 2 is 1.90 bits per heavy atom. The van der Waals surface area contributed by atoms with Crippen LogP contribution in [0.3, 0.4) is 0 Å². The van der Waals surface area contributed by atoms with E-state index in [1.165, 1.54) is 6.07 Å². The zero-order valence-corrected chi connectivity index (χ0v) is 12.6. The molecule has 0 amide bonds. The molecule has 2 aromatic carbocycles. The van der Waals surface area contributed by atoms with Crippen molar-refractivity contribution in [3.8, 4) is 5.75 Å². The van der Waals surface area contributed by atoms with Gasteiger partial charge in [0.2, 0.25) is 0 Å². The van der Waals surface area contributed by atoms with Crippen molar-refractivity contribution in [3.05, 3.63) is 65.5 Å². The monoisotopic (exact) mass is 287 g/mol. The second kappa shape index (κ2) is 7.79. The number of ether oxygens (including phenoxy) is 1. The maximum atomic E-state index is 13.7. The number of hydrogen-bond acceptors (Lipinski definition) is 2. The van der Waals surface area contributed by atoms with Gasteiger partial charge in [-0.1, -0.05) is 43.3 Å². The number of rotatable bonds is 7. The lowest BCUT2D eigenvalue weighted by molar-refractivity contribution is 0.255. The Morgan fingerprint density at radius 1 is 1.14 bits per heavy atom. The van der Waals surface area contributed by atoms with E-state index in [9.17, 15) is 4.39 Å². The summed E-state index contributed by atoms with van der Waals surface area (Å²) in [6.07, 6.45) is 1.04. The van der Waals surface area contributed by atoms with E-state index in [1.54, 1.807) is 12.1 Å². The van der Waals surface area contributed by atoms with Crippen molar-refractivity contribution in [1.82, 2.24) is 5.32 Å². The molecule has 1 N–H and O–H groups in total. The maximum Gasteiger partial charge on any atom is 0.165 e. The van der Waals surface area contributed by atoms with E-state index in [0.29, 0.717) is 12.4 Å². The minimum Gasteiger partial charge on any atom is -0.489 e. The third-order valence-corrected chi connectivity index (χ3v) is 3.33. The molecule has 21 heavy (non-hydrogen) atoms. The van der Waals surface area contributed by atoms with Gasteiger partial charge in [-0.2, -0.15) is 0 Å². The Hall–Kier alpha value is -1.87. The molecule has 0 saturated carbocycles. The molecule has 2 rings (SSSR count). The molecule has 1 unspecified atom stereocenters. The van der Waals surface area contributed by atoms with Gasteiger partial charge in [0.05, 0.1) is 6.04 Å². The quantitative estimate of drug-likeness (QED) is 0.822. The van der Waals surface area contributed by atoms with Gasteiger partial charge in [0.15, 0.2) is 11.6 Å². The summed E-state index contributed by atoms with van der Waals surface area (Å²) in [5.74, 6) is -0.00265. The summed E-state index contributed by atoms with van der Waals surface area (Å²) in [7, 11) is 0. The minimum absolute atomic E-state index is 0.0612. The Kier molecular flexibility index (Phi) is 5.76. The van der Waals surface area contributed by atoms with E-state index in [1.807, 2.05) is 25.1 Å².